The number of rotatable bonds is 5. The van der Waals surface area contributed by atoms with Crippen LogP contribution in [-0.4, -0.2) is 4.37 Å². The molecule has 4 aromatic rings. The Labute approximate surface area is 172 Å². The van der Waals surface area contributed by atoms with Crippen LogP contribution >= 0.6 is 11.5 Å². The highest BCUT2D eigenvalue weighted by Crippen LogP contribution is 2.41. The quantitative estimate of drug-likeness (QED) is 0.449. The molecule has 5 rings (SSSR count). The number of hydrogen-bond donors (Lipinski definition) is 1. The Morgan fingerprint density at radius 1 is 0.897 bits per heavy atom. The molecule has 1 aromatic heterocycles. The van der Waals surface area contributed by atoms with Gasteiger partial charge in [0.2, 0.25) is 0 Å². The number of aromatic amines is 1. The van der Waals surface area contributed by atoms with Gasteiger partial charge in [-0.1, -0.05) is 41.9 Å². The molecule has 0 saturated heterocycles. The molecule has 0 aliphatic heterocycles. The van der Waals surface area contributed by atoms with Crippen LogP contribution in [-0.2, 0) is 6.42 Å². The Kier molecular flexibility index (Phi) is 4.66. The van der Waals surface area contributed by atoms with E-state index in [1.54, 1.807) is 6.07 Å². The first kappa shape index (κ1) is 17.8. The maximum atomic E-state index is 11.3. The molecule has 1 heterocycles. The minimum atomic E-state index is -0.0681. The summed E-state index contributed by atoms with van der Waals surface area (Å²) in [4.78, 5) is 12.3. The van der Waals surface area contributed by atoms with Crippen LogP contribution < -0.4 is 15.0 Å². The molecular formula is C24H19NO3S. The van der Waals surface area contributed by atoms with E-state index in [4.69, 9.17) is 9.47 Å². The van der Waals surface area contributed by atoms with Crippen molar-refractivity contribution in [3.63, 3.8) is 0 Å². The zero-order chi connectivity index (χ0) is 19.6. The summed E-state index contributed by atoms with van der Waals surface area (Å²) in [6.45, 7) is 0. The average Bonchev–Trinajstić information content (AvgIpc) is 3.37. The summed E-state index contributed by atoms with van der Waals surface area (Å²) >= 11 is 1.34. The van der Waals surface area contributed by atoms with Crippen LogP contribution in [0.3, 0.4) is 0 Å². The minimum absolute atomic E-state index is 0.0125. The maximum absolute atomic E-state index is 11.3. The Morgan fingerprint density at radius 3 is 2.48 bits per heavy atom. The first-order valence-electron chi connectivity index (χ1n) is 9.56. The number of nitrogens with one attached hydrogen (secondary N) is 1. The van der Waals surface area contributed by atoms with Crippen molar-refractivity contribution in [1.82, 2.24) is 4.37 Å². The number of fused-ring (bicyclic) bond motifs is 1. The lowest BCUT2D eigenvalue weighted by molar-refractivity contribution is 0.207. The molecule has 4 nitrogen and oxygen atoms in total. The summed E-state index contributed by atoms with van der Waals surface area (Å²) in [6, 6.07) is 25.5. The van der Waals surface area contributed by atoms with Gasteiger partial charge in [-0.3, -0.25) is 9.17 Å². The van der Waals surface area contributed by atoms with Crippen molar-refractivity contribution < 1.29 is 9.47 Å². The van der Waals surface area contributed by atoms with Gasteiger partial charge in [-0.25, -0.2) is 0 Å². The monoisotopic (exact) mass is 401 g/mol. The first-order chi connectivity index (χ1) is 14.3. The summed E-state index contributed by atoms with van der Waals surface area (Å²) in [7, 11) is 0. The van der Waals surface area contributed by atoms with Gasteiger partial charge in [0.05, 0.1) is 4.88 Å². The molecule has 1 N–H and O–H groups in total. The molecule has 1 unspecified atom stereocenters. The van der Waals surface area contributed by atoms with Crippen LogP contribution in [0.15, 0.2) is 83.7 Å². The topological polar surface area (TPSA) is 51.3 Å². The van der Waals surface area contributed by atoms with Crippen LogP contribution in [0.2, 0.25) is 0 Å². The molecule has 3 aromatic carbocycles. The zero-order valence-electron chi connectivity index (χ0n) is 15.6. The van der Waals surface area contributed by atoms with Crippen molar-refractivity contribution >= 4 is 11.5 Å². The summed E-state index contributed by atoms with van der Waals surface area (Å²) in [5.74, 6) is 2.56. The lowest BCUT2D eigenvalue weighted by Gasteiger charge is -2.16. The molecule has 0 spiro atoms. The Bertz CT molecular complexity index is 1180. The van der Waals surface area contributed by atoms with Crippen LogP contribution in [0.5, 0.6) is 17.2 Å². The highest BCUT2D eigenvalue weighted by atomic mass is 32.1. The average molecular weight is 401 g/mol. The van der Waals surface area contributed by atoms with Crippen molar-refractivity contribution in [2.24, 2.45) is 0 Å². The molecule has 0 bridgehead atoms. The van der Waals surface area contributed by atoms with Gasteiger partial charge in [0.25, 0.3) is 5.56 Å². The summed E-state index contributed by atoms with van der Waals surface area (Å²) in [5.41, 5.74) is 3.34. The third-order valence-electron chi connectivity index (χ3n) is 5.08. The van der Waals surface area contributed by atoms with Crippen LogP contribution in [0.1, 0.15) is 23.7 Å². The summed E-state index contributed by atoms with van der Waals surface area (Å²) in [5, 5.41) is 0. The number of para-hydroxylation sites is 1. The summed E-state index contributed by atoms with van der Waals surface area (Å²) in [6.07, 6.45) is 1.86. The minimum Gasteiger partial charge on any atom is -0.486 e. The lowest BCUT2D eigenvalue weighted by Crippen LogP contribution is -2.03. The third-order valence-corrected chi connectivity index (χ3v) is 5.96. The van der Waals surface area contributed by atoms with Gasteiger partial charge in [-0.05, 0) is 66.4 Å². The molecule has 29 heavy (non-hydrogen) atoms. The number of H-pyrrole nitrogens is 1. The van der Waals surface area contributed by atoms with Crippen LogP contribution in [0.4, 0.5) is 0 Å². The highest BCUT2D eigenvalue weighted by molar-refractivity contribution is 7.09. The van der Waals surface area contributed by atoms with E-state index in [2.05, 4.69) is 10.4 Å². The normalized spacial score (nSPS) is 15.1. The molecule has 0 fully saturated rings. The van der Waals surface area contributed by atoms with Gasteiger partial charge < -0.3 is 9.47 Å². The number of hydrogen-bond acceptors (Lipinski definition) is 4. The van der Waals surface area contributed by atoms with Crippen molar-refractivity contribution in [2.75, 3.05) is 0 Å². The van der Waals surface area contributed by atoms with E-state index >= 15 is 0 Å². The van der Waals surface area contributed by atoms with Gasteiger partial charge in [0, 0.05) is 11.6 Å². The van der Waals surface area contributed by atoms with Gasteiger partial charge in [-0.15, -0.1) is 0 Å². The predicted octanol–water partition coefficient (Wildman–Crippen LogP) is 5.96. The fourth-order valence-corrected chi connectivity index (χ4v) is 4.39. The Hall–Kier alpha value is -3.31. The maximum Gasteiger partial charge on any atom is 0.258 e. The van der Waals surface area contributed by atoms with E-state index in [0.29, 0.717) is 0 Å². The second-order valence-corrected chi connectivity index (χ2v) is 7.83. The standard InChI is InChI=1S/C24H19NO3S/c26-24-15-23(29-25-24)16-9-11-18(12-10-16)28-22-14-13-20-19(22)7-4-8-21(20)27-17-5-2-1-3-6-17/h1-12,15,22H,13-14H2,(H,25,26). The van der Waals surface area contributed by atoms with Gasteiger partial charge >= 0.3 is 0 Å². The van der Waals surface area contributed by atoms with Crippen molar-refractivity contribution in [2.45, 2.75) is 18.9 Å². The zero-order valence-corrected chi connectivity index (χ0v) is 16.4. The smallest absolute Gasteiger partial charge is 0.258 e. The van der Waals surface area contributed by atoms with E-state index in [0.717, 1.165) is 40.5 Å². The molecule has 5 heteroatoms. The number of aromatic nitrogens is 1. The first-order valence-corrected chi connectivity index (χ1v) is 10.4. The van der Waals surface area contributed by atoms with E-state index in [-0.39, 0.29) is 11.7 Å². The SMILES string of the molecule is O=c1cc(-c2ccc(OC3CCc4c(Oc5ccccc5)cccc43)cc2)s[nH]1. The van der Waals surface area contributed by atoms with E-state index in [1.807, 2.05) is 66.7 Å². The molecular weight excluding hydrogens is 382 g/mol. The molecule has 1 aliphatic carbocycles. The fraction of sp³-hybridized carbons (Fsp3) is 0.125. The molecule has 144 valence electrons. The van der Waals surface area contributed by atoms with Gasteiger partial charge in [-0.2, -0.15) is 0 Å². The van der Waals surface area contributed by atoms with Crippen molar-refractivity contribution in [1.29, 1.82) is 0 Å². The van der Waals surface area contributed by atoms with Gasteiger partial charge in [0.15, 0.2) is 0 Å². The third kappa shape index (κ3) is 3.69. The van der Waals surface area contributed by atoms with E-state index in [1.165, 1.54) is 22.7 Å². The Morgan fingerprint density at radius 2 is 1.72 bits per heavy atom. The molecule has 1 atom stereocenters. The largest absolute Gasteiger partial charge is 0.486 e. The second kappa shape index (κ2) is 7.60. The van der Waals surface area contributed by atoms with Crippen molar-refractivity contribution in [3.8, 4) is 27.7 Å². The van der Waals surface area contributed by atoms with Gasteiger partial charge in [0.1, 0.15) is 23.4 Å². The molecule has 0 saturated carbocycles. The Balaban J connectivity index is 1.34. The van der Waals surface area contributed by atoms with E-state index < -0.39 is 0 Å². The lowest BCUT2D eigenvalue weighted by atomic mass is 10.1. The number of benzene rings is 3. The second-order valence-electron chi connectivity index (χ2n) is 6.99. The molecule has 1 aliphatic rings. The summed E-state index contributed by atoms with van der Waals surface area (Å²) < 4.78 is 15.1. The molecule has 0 amide bonds. The highest BCUT2D eigenvalue weighted by Gasteiger charge is 2.27. The molecule has 0 radical (unpaired) electrons. The van der Waals surface area contributed by atoms with Crippen molar-refractivity contribution in [3.05, 3.63) is 100 Å². The fourth-order valence-electron chi connectivity index (χ4n) is 3.70. The van der Waals surface area contributed by atoms with E-state index in [9.17, 15) is 4.79 Å². The predicted molar refractivity (Wildman–Crippen MR) is 115 cm³/mol. The van der Waals surface area contributed by atoms with Crippen LogP contribution in [0, 0.1) is 0 Å². The van der Waals surface area contributed by atoms with Crippen LogP contribution in [0.25, 0.3) is 10.4 Å². The number of ether oxygens (including phenoxy) is 2.